The normalized spacial score (nSPS) is 9.50. The SMILES string of the molecule is COc1ncc(OCCN)cn1. The zero-order valence-electron chi connectivity index (χ0n) is 6.86. The lowest BCUT2D eigenvalue weighted by atomic mass is 10.6. The fourth-order valence-electron chi connectivity index (χ4n) is 0.661. The van der Waals surface area contributed by atoms with Gasteiger partial charge in [-0.2, -0.15) is 9.97 Å². The molecule has 1 heterocycles. The Balaban J connectivity index is 2.53. The molecule has 12 heavy (non-hydrogen) atoms. The van der Waals surface area contributed by atoms with E-state index in [-0.39, 0.29) is 0 Å². The Bertz CT molecular complexity index is 225. The highest BCUT2D eigenvalue weighted by atomic mass is 16.5. The smallest absolute Gasteiger partial charge is 0.316 e. The van der Waals surface area contributed by atoms with Crippen LogP contribution in [0.1, 0.15) is 0 Å². The molecule has 0 amide bonds. The fraction of sp³-hybridized carbons (Fsp3) is 0.429. The minimum atomic E-state index is 0.329. The van der Waals surface area contributed by atoms with Crippen LogP contribution >= 0.6 is 0 Å². The van der Waals surface area contributed by atoms with E-state index in [1.54, 1.807) is 12.4 Å². The van der Waals surface area contributed by atoms with Gasteiger partial charge in [0.05, 0.1) is 19.5 Å². The van der Waals surface area contributed by atoms with Gasteiger partial charge in [-0.3, -0.25) is 0 Å². The van der Waals surface area contributed by atoms with Crippen molar-refractivity contribution >= 4 is 0 Å². The predicted octanol–water partition coefficient (Wildman–Crippen LogP) is -0.177. The lowest BCUT2D eigenvalue weighted by Crippen LogP contribution is -2.10. The molecule has 0 aromatic carbocycles. The van der Waals surface area contributed by atoms with Crippen LogP contribution < -0.4 is 15.2 Å². The largest absolute Gasteiger partial charge is 0.489 e. The lowest BCUT2D eigenvalue weighted by molar-refractivity contribution is 0.320. The third-order valence-corrected chi connectivity index (χ3v) is 1.17. The van der Waals surface area contributed by atoms with E-state index in [0.717, 1.165) is 0 Å². The summed E-state index contributed by atoms with van der Waals surface area (Å²) in [5.41, 5.74) is 5.24. The molecule has 5 heteroatoms. The number of ether oxygens (including phenoxy) is 2. The van der Waals surface area contributed by atoms with Gasteiger partial charge in [0.15, 0.2) is 5.75 Å². The maximum Gasteiger partial charge on any atom is 0.316 e. The van der Waals surface area contributed by atoms with E-state index in [9.17, 15) is 0 Å². The summed E-state index contributed by atoms with van der Waals surface area (Å²) in [6.45, 7) is 0.946. The summed E-state index contributed by atoms with van der Waals surface area (Å²) >= 11 is 0. The number of methoxy groups -OCH3 is 1. The highest BCUT2D eigenvalue weighted by molar-refractivity contribution is 5.13. The first kappa shape index (κ1) is 8.73. The van der Waals surface area contributed by atoms with Gasteiger partial charge in [0.2, 0.25) is 0 Å². The minimum absolute atomic E-state index is 0.329. The highest BCUT2D eigenvalue weighted by Gasteiger charge is 1.95. The second kappa shape index (κ2) is 4.50. The van der Waals surface area contributed by atoms with Gasteiger partial charge in [0, 0.05) is 6.54 Å². The van der Waals surface area contributed by atoms with Crippen molar-refractivity contribution in [3.63, 3.8) is 0 Å². The van der Waals surface area contributed by atoms with Crippen LogP contribution in [0.3, 0.4) is 0 Å². The summed E-state index contributed by atoms with van der Waals surface area (Å²) in [6, 6.07) is 0.329. The maximum atomic E-state index is 5.24. The number of nitrogens with two attached hydrogens (primary N) is 1. The molecular weight excluding hydrogens is 158 g/mol. The predicted molar refractivity (Wildman–Crippen MR) is 43.1 cm³/mol. The van der Waals surface area contributed by atoms with E-state index in [2.05, 4.69) is 9.97 Å². The van der Waals surface area contributed by atoms with Crippen molar-refractivity contribution in [2.24, 2.45) is 5.73 Å². The summed E-state index contributed by atoms with van der Waals surface area (Å²) in [5.74, 6) is 0.598. The third-order valence-electron chi connectivity index (χ3n) is 1.17. The molecule has 0 aliphatic heterocycles. The van der Waals surface area contributed by atoms with E-state index in [1.807, 2.05) is 0 Å². The zero-order chi connectivity index (χ0) is 8.81. The molecule has 0 bridgehead atoms. The van der Waals surface area contributed by atoms with E-state index in [1.165, 1.54) is 7.11 Å². The van der Waals surface area contributed by atoms with Gasteiger partial charge < -0.3 is 15.2 Å². The van der Waals surface area contributed by atoms with Gasteiger partial charge in [-0.1, -0.05) is 0 Å². The summed E-state index contributed by atoms with van der Waals surface area (Å²) in [5, 5.41) is 0. The van der Waals surface area contributed by atoms with E-state index in [4.69, 9.17) is 15.2 Å². The molecule has 0 fully saturated rings. The van der Waals surface area contributed by atoms with Gasteiger partial charge in [0.1, 0.15) is 6.61 Å². The van der Waals surface area contributed by atoms with Gasteiger partial charge in [-0.05, 0) is 0 Å². The van der Waals surface area contributed by atoms with Crippen LogP contribution in [-0.4, -0.2) is 30.2 Å². The Morgan fingerprint density at radius 1 is 1.42 bits per heavy atom. The number of nitrogens with zero attached hydrogens (tertiary/aromatic N) is 2. The van der Waals surface area contributed by atoms with Crippen molar-refractivity contribution in [2.45, 2.75) is 0 Å². The lowest BCUT2D eigenvalue weighted by Gasteiger charge is -2.02. The molecule has 1 rings (SSSR count). The average Bonchev–Trinajstić information content (AvgIpc) is 2.15. The molecule has 0 spiro atoms. The topological polar surface area (TPSA) is 70.3 Å². The zero-order valence-corrected chi connectivity index (χ0v) is 6.86. The quantitative estimate of drug-likeness (QED) is 0.677. The molecule has 5 nitrogen and oxygen atoms in total. The van der Waals surface area contributed by atoms with Crippen molar-refractivity contribution < 1.29 is 9.47 Å². The van der Waals surface area contributed by atoms with Gasteiger partial charge in [-0.15, -0.1) is 0 Å². The second-order valence-electron chi connectivity index (χ2n) is 2.04. The van der Waals surface area contributed by atoms with Crippen LogP contribution in [0.15, 0.2) is 12.4 Å². The van der Waals surface area contributed by atoms with Crippen molar-refractivity contribution in [2.75, 3.05) is 20.3 Å². The first-order chi connectivity index (χ1) is 5.86. The first-order valence-electron chi connectivity index (χ1n) is 3.55. The Kier molecular flexibility index (Phi) is 3.28. The molecular formula is C7H11N3O2. The molecule has 0 saturated carbocycles. The molecule has 0 unspecified atom stereocenters. The summed E-state index contributed by atoms with van der Waals surface area (Å²) in [4.78, 5) is 7.70. The molecule has 66 valence electrons. The van der Waals surface area contributed by atoms with E-state index in [0.29, 0.717) is 24.9 Å². The first-order valence-corrected chi connectivity index (χ1v) is 3.55. The standard InChI is InChI=1S/C7H11N3O2/c1-11-7-9-4-6(5-10-7)12-3-2-8/h4-5H,2-3,8H2,1H3. The molecule has 0 radical (unpaired) electrons. The molecule has 0 atom stereocenters. The van der Waals surface area contributed by atoms with Crippen molar-refractivity contribution in [3.05, 3.63) is 12.4 Å². The third kappa shape index (κ3) is 2.35. The van der Waals surface area contributed by atoms with Gasteiger partial charge in [-0.25, -0.2) is 0 Å². The number of rotatable bonds is 4. The van der Waals surface area contributed by atoms with Crippen LogP contribution in [-0.2, 0) is 0 Å². The van der Waals surface area contributed by atoms with Crippen LogP contribution in [0.4, 0.5) is 0 Å². The Hall–Kier alpha value is -1.36. The van der Waals surface area contributed by atoms with E-state index >= 15 is 0 Å². The van der Waals surface area contributed by atoms with Gasteiger partial charge >= 0.3 is 6.01 Å². The van der Waals surface area contributed by atoms with Crippen molar-refractivity contribution in [1.29, 1.82) is 0 Å². The summed E-state index contributed by atoms with van der Waals surface area (Å²) in [7, 11) is 1.51. The van der Waals surface area contributed by atoms with Crippen LogP contribution in [0.5, 0.6) is 11.8 Å². The molecule has 1 aromatic heterocycles. The van der Waals surface area contributed by atoms with Crippen molar-refractivity contribution in [1.82, 2.24) is 9.97 Å². The van der Waals surface area contributed by atoms with Crippen LogP contribution in [0.25, 0.3) is 0 Å². The van der Waals surface area contributed by atoms with Crippen LogP contribution in [0.2, 0.25) is 0 Å². The van der Waals surface area contributed by atoms with E-state index < -0.39 is 0 Å². The van der Waals surface area contributed by atoms with Crippen molar-refractivity contribution in [3.8, 4) is 11.8 Å². The van der Waals surface area contributed by atoms with Crippen LogP contribution in [0, 0.1) is 0 Å². The van der Waals surface area contributed by atoms with Gasteiger partial charge in [0.25, 0.3) is 0 Å². The second-order valence-corrected chi connectivity index (χ2v) is 2.04. The number of hydrogen-bond acceptors (Lipinski definition) is 5. The monoisotopic (exact) mass is 169 g/mol. The Morgan fingerprint density at radius 2 is 2.08 bits per heavy atom. The molecule has 0 aliphatic carbocycles. The fourth-order valence-corrected chi connectivity index (χ4v) is 0.661. The highest BCUT2D eigenvalue weighted by Crippen LogP contribution is 2.08. The molecule has 0 aliphatic rings. The number of aromatic nitrogens is 2. The molecule has 1 aromatic rings. The summed E-state index contributed by atoms with van der Waals surface area (Å²) < 4.78 is 9.92. The average molecular weight is 169 g/mol. The molecule has 0 saturated heterocycles. The Morgan fingerprint density at radius 3 is 2.58 bits per heavy atom. The molecule has 2 N–H and O–H groups in total. The maximum absolute atomic E-state index is 5.24. The minimum Gasteiger partial charge on any atom is -0.489 e. The Labute approximate surface area is 70.5 Å². The number of hydrogen-bond donors (Lipinski definition) is 1. The summed E-state index contributed by atoms with van der Waals surface area (Å²) in [6.07, 6.45) is 3.09.